The summed E-state index contributed by atoms with van der Waals surface area (Å²) in [6, 6.07) is 5.93. The molecule has 0 aliphatic carbocycles. The van der Waals surface area contributed by atoms with Crippen molar-refractivity contribution in [1.82, 2.24) is 4.98 Å². The van der Waals surface area contributed by atoms with E-state index < -0.39 is 11.8 Å². The summed E-state index contributed by atoms with van der Waals surface area (Å²) in [7, 11) is 1.27. The van der Waals surface area contributed by atoms with Crippen LogP contribution in [0.25, 0.3) is 11.1 Å². The highest BCUT2D eigenvalue weighted by Crippen LogP contribution is 2.24. The van der Waals surface area contributed by atoms with E-state index in [2.05, 4.69) is 9.72 Å². The molecule has 3 nitrogen and oxygen atoms in total. The van der Waals surface area contributed by atoms with E-state index in [0.717, 1.165) is 17.2 Å². The fourth-order valence-electron chi connectivity index (χ4n) is 1.78. The van der Waals surface area contributed by atoms with Gasteiger partial charge in [0.25, 0.3) is 0 Å². The number of ether oxygens (including phenoxy) is 1. The van der Waals surface area contributed by atoms with Crippen molar-refractivity contribution in [3.63, 3.8) is 0 Å². The molecule has 92 valence electrons. The van der Waals surface area contributed by atoms with Gasteiger partial charge in [-0.1, -0.05) is 0 Å². The number of hydrogen-bond acceptors (Lipinski definition) is 3. The number of carbonyl (C=O) groups excluding carboxylic acids is 1. The minimum absolute atomic E-state index is 0.198. The van der Waals surface area contributed by atoms with Crippen LogP contribution in [-0.2, 0) is 4.74 Å². The van der Waals surface area contributed by atoms with Gasteiger partial charge in [-0.05, 0) is 47.9 Å². The van der Waals surface area contributed by atoms with Gasteiger partial charge in [0.15, 0.2) is 0 Å². The third-order valence-electron chi connectivity index (χ3n) is 2.65. The number of methoxy groups -OCH3 is 1. The van der Waals surface area contributed by atoms with E-state index in [-0.39, 0.29) is 5.56 Å². The molecule has 4 heteroatoms. The molecule has 0 fully saturated rings. The molecule has 1 aromatic carbocycles. The quantitative estimate of drug-likeness (QED) is 0.763. The van der Waals surface area contributed by atoms with Gasteiger partial charge in [-0.15, -0.1) is 0 Å². The van der Waals surface area contributed by atoms with E-state index in [1.54, 1.807) is 24.5 Å². The number of benzene rings is 1. The highest BCUT2D eigenvalue weighted by atomic mass is 19.1. The predicted molar refractivity (Wildman–Crippen MR) is 65.7 cm³/mol. The van der Waals surface area contributed by atoms with Crippen molar-refractivity contribution in [3.8, 4) is 11.1 Å². The topological polar surface area (TPSA) is 39.2 Å². The smallest absolute Gasteiger partial charge is 0.337 e. The highest BCUT2D eigenvalue weighted by Gasteiger charge is 2.11. The Morgan fingerprint density at radius 1 is 1.33 bits per heavy atom. The number of esters is 1. The Morgan fingerprint density at radius 2 is 2.11 bits per heavy atom. The fourth-order valence-corrected chi connectivity index (χ4v) is 1.78. The zero-order valence-electron chi connectivity index (χ0n) is 10.1. The van der Waals surface area contributed by atoms with Crippen LogP contribution < -0.4 is 0 Å². The lowest BCUT2D eigenvalue weighted by atomic mass is 10.0. The monoisotopic (exact) mass is 245 g/mol. The maximum atomic E-state index is 13.5. The van der Waals surface area contributed by atoms with Crippen LogP contribution in [0, 0.1) is 12.7 Å². The molecule has 0 saturated heterocycles. The Kier molecular flexibility index (Phi) is 3.37. The Morgan fingerprint density at radius 3 is 2.78 bits per heavy atom. The van der Waals surface area contributed by atoms with Crippen molar-refractivity contribution < 1.29 is 13.9 Å². The average molecular weight is 245 g/mol. The summed E-state index contributed by atoms with van der Waals surface area (Å²) in [5, 5.41) is 0. The van der Waals surface area contributed by atoms with E-state index in [1.807, 2.05) is 6.92 Å². The zero-order valence-corrected chi connectivity index (χ0v) is 10.1. The first-order chi connectivity index (χ1) is 8.61. The van der Waals surface area contributed by atoms with E-state index in [0.29, 0.717) is 5.56 Å². The molecule has 0 unspecified atom stereocenters. The summed E-state index contributed by atoms with van der Waals surface area (Å²) in [5.74, 6) is -1.02. The van der Waals surface area contributed by atoms with Gasteiger partial charge >= 0.3 is 5.97 Å². The minimum atomic E-state index is -0.553. The number of aryl methyl sites for hydroxylation is 1. The van der Waals surface area contributed by atoms with Crippen molar-refractivity contribution in [3.05, 3.63) is 53.6 Å². The van der Waals surface area contributed by atoms with Gasteiger partial charge in [0.1, 0.15) is 5.82 Å². The van der Waals surface area contributed by atoms with E-state index >= 15 is 0 Å². The molecule has 0 radical (unpaired) electrons. The number of halogens is 1. The summed E-state index contributed by atoms with van der Waals surface area (Å²) in [4.78, 5) is 15.4. The number of hydrogen-bond donors (Lipinski definition) is 0. The second-order valence-electron chi connectivity index (χ2n) is 3.91. The normalized spacial score (nSPS) is 10.2. The van der Waals surface area contributed by atoms with Crippen LogP contribution in [0.3, 0.4) is 0 Å². The minimum Gasteiger partial charge on any atom is -0.465 e. The number of aromatic nitrogens is 1. The van der Waals surface area contributed by atoms with Crippen LogP contribution in [0.5, 0.6) is 0 Å². The Balaban J connectivity index is 2.55. The van der Waals surface area contributed by atoms with Crippen LogP contribution in [0.2, 0.25) is 0 Å². The van der Waals surface area contributed by atoms with E-state index in [4.69, 9.17) is 0 Å². The van der Waals surface area contributed by atoms with Gasteiger partial charge in [0.05, 0.1) is 12.7 Å². The summed E-state index contributed by atoms with van der Waals surface area (Å²) in [6.45, 7) is 1.88. The van der Waals surface area contributed by atoms with Crippen LogP contribution >= 0.6 is 0 Å². The molecule has 0 atom stereocenters. The SMILES string of the molecule is COC(=O)c1cc(F)cc(-c2ccncc2C)c1. The molecule has 18 heavy (non-hydrogen) atoms. The first-order valence-corrected chi connectivity index (χ1v) is 5.41. The maximum Gasteiger partial charge on any atom is 0.337 e. The lowest BCUT2D eigenvalue weighted by molar-refractivity contribution is 0.0600. The molecule has 0 aliphatic heterocycles. The first kappa shape index (κ1) is 12.2. The highest BCUT2D eigenvalue weighted by molar-refractivity contribution is 5.91. The molecule has 1 heterocycles. The maximum absolute atomic E-state index is 13.5. The molecule has 0 saturated carbocycles. The molecule has 1 aromatic heterocycles. The molecule has 2 aromatic rings. The molecule has 0 aliphatic rings. The first-order valence-electron chi connectivity index (χ1n) is 5.41. The van der Waals surface area contributed by atoms with Gasteiger partial charge in [-0.2, -0.15) is 0 Å². The van der Waals surface area contributed by atoms with Crippen LogP contribution in [0.4, 0.5) is 4.39 Å². The molecule has 0 bridgehead atoms. The number of pyridine rings is 1. The van der Waals surface area contributed by atoms with Crippen molar-refractivity contribution >= 4 is 5.97 Å². The second kappa shape index (κ2) is 4.96. The molecule has 2 rings (SSSR count). The van der Waals surface area contributed by atoms with E-state index in [1.165, 1.54) is 13.2 Å². The largest absolute Gasteiger partial charge is 0.465 e. The van der Waals surface area contributed by atoms with Gasteiger partial charge < -0.3 is 4.74 Å². The zero-order chi connectivity index (χ0) is 13.1. The molecule has 0 amide bonds. The fraction of sp³-hybridized carbons (Fsp3) is 0.143. The second-order valence-corrected chi connectivity index (χ2v) is 3.91. The summed E-state index contributed by atoms with van der Waals surface area (Å²) >= 11 is 0. The van der Waals surface area contributed by atoms with Crippen LogP contribution in [-0.4, -0.2) is 18.1 Å². The lowest BCUT2D eigenvalue weighted by Crippen LogP contribution is -2.02. The Hall–Kier alpha value is -2.23. The van der Waals surface area contributed by atoms with Gasteiger partial charge in [-0.25, -0.2) is 9.18 Å². The summed E-state index contributed by atoms with van der Waals surface area (Å²) in [5.41, 5.74) is 2.59. The van der Waals surface area contributed by atoms with Crippen molar-refractivity contribution in [2.24, 2.45) is 0 Å². The number of rotatable bonds is 2. The lowest BCUT2D eigenvalue weighted by Gasteiger charge is -2.07. The molecular formula is C14H12FNO2. The predicted octanol–water partition coefficient (Wildman–Crippen LogP) is 2.98. The van der Waals surface area contributed by atoms with Crippen LogP contribution in [0.15, 0.2) is 36.7 Å². The van der Waals surface area contributed by atoms with Gasteiger partial charge in [-0.3, -0.25) is 4.98 Å². The third-order valence-corrected chi connectivity index (χ3v) is 2.65. The Labute approximate surface area is 104 Å². The molecular weight excluding hydrogens is 233 g/mol. The van der Waals surface area contributed by atoms with E-state index in [9.17, 15) is 9.18 Å². The van der Waals surface area contributed by atoms with Gasteiger partial charge in [0.2, 0.25) is 0 Å². The molecule has 0 N–H and O–H groups in total. The average Bonchev–Trinajstić information content (AvgIpc) is 2.37. The summed E-state index contributed by atoms with van der Waals surface area (Å²) in [6.07, 6.45) is 3.32. The summed E-state index contributed by atoms with van der Waals surface area (Å²) < 4.78 is 18.1. The van der Waals surface area contributed by atoms with Crippen molar-refractivity contribution in [1.29, 1.82) is 0 Å². The standard InChI is InChI=1S/C14H12FNO2/c1-9-8-16-4-3-13(9)10-5-11(14(17)18-2)7-12(15)6-10/h3-8H,1-2H3. The Bertz CT molecular complexity index is 596. The number of carbonyl (C=O) groups is 1. The van der Waals surface area contributed by atoms with Crippen molar-refractivity contribution in [2.75, 3.05) is 7.11 Å². The molecule has 0 spiro atoms. The van der Waals surface area contributed by atoms with Crippen molar-refractivity contribution in [2.45, 2.75) is 6.92 Å². The third kappa shape index (κ3) is 2.37. The van der Waals surface area contributed by atoms with Gasteiger partial charge in [0, 0.05) is 12.4 Å². The number of nitrogens with zero attached hydrogens (tertiary/aromatic N) is 1. The van der Waals surface area contributed by atoms with Crippen LogP contribution in [0.1, 0.15) is 15.9 Å².